The molecule has 3 aromatic rings. The number of hydrogen-bond donors (Lipinski definition) is 1. The van der Waals surface area contributed by atoms with Gasteiger partial charge < -0.3 is 0 Å². The molecule has 0 saturated heterocycles. The number of pyridine rings is 1. The van der Waals surface area contributed by atoms with Gasteiger partial charge in [-0.2, -0.15) is 0 Å². The van der Waals surface area contributed by atoms with Crippen molar-refractivity contribution in [3.8, 4) is 0 Å². The normalized spacial score (nSPS) is 12.1. The van der Waals surface area contributed by atoms with Crippen LogP contribution in [0.4, 0.5) is 4.39 Å². The molecule has 0 spiro atoms. The van der Waals surface area contributed by atoms with Crippen LogP contribution >= 0.6 is 11.8 Å². The highest BCUT2D eigenvalue weighted by molar-refractivity contribution is 8.01. The summed E-state index contributed by atoms with van der Waals surface area (Å²) in [4.78, 5) is 17.7. The number of aromatic nitrogens is 1. The summed E-state index contributed by atoms with van der Waals surface area (Å²) in [6.07, 6.45) is 1.66. The molecule has 0 saturated carbocycles. The number of thioether (sulfide) groups is 1. The zero-order valence-electron chi connectivity index (χ0n) is 15.6. The average molecular weight is 419 g/mol. The molecule has 0 aliphatic heterocycles. The fourth-order valence-electron chi connectivity index (χ4n) is 2.56. The Bertz CT molecular complexity index is 1140. The predicted octanol–water partition coefficient (Wildman–Crippen LogP) is 4.06. The van der Waals surface area contributed by atoms with E-state index in [0.29, 0.717) is 0 Å². The fourth-order valence-corrected chi connectivity index (χ4v) is 4.83. The molecule has 0 fully saturated rings. The Morgan fingerprint density at radius 1 is 1.11 bits per heavy atom. The molecule has 0 atom stereocenters. The van der Waals surface area contributed by atoms with Gasteiger partial charge in [-0.3, -0.25) is 9.78 Å². The highest BCUT2D eigenvalue weighted by Crippen LogP contribution is 2.37. The second-order valence-corrected chi connectivity index (χ2v) is 10.2. The van der Waals surface area contributed by atoms with Crippen molar-refractivity contribution >= 4 is 38.6 Å². The van der Waals surface area contributed by atoms with E-state index in [4.69, 9.17) is 0 Å². The molecule has 1 N–H and O–H groups in total. The molecule has 0 bridgehead atoms. The first-order chi connectivity index (χ1) is 13.1. The van der Waals surface area contributed by atoms with Crippen LogP contribution in [0, 0.1) is 12.7 Å². The Balaban J connectivity index is 1.86. The van der Waals surface area contributed by atoms with Gasteiger partial charge in [0.05, 0.1) is 15.2 Å². The van der Waals surface area contributed by atoms with Crippen LogP contribution in [0.25, 0.3) is 10.9 Å². The Kier molecular flexibility index (Phi) is 5.45. The molecule has 3 rings (SSSR count). The third kappa shape index (κ3) is 4.34. The van der Waals surface area contributed by atoms with Crippen molar-refractivity contribution in [1.82, 2.24) is 9.71 Å². The highest BCUT2D eigenvalue weighted by Gasteiger charge is 2.33. The molecule has 1 amide bonds. The number of nitrogens with zero attached hydrogens (tertiary/aromatic N) is 1. The zero-order chi connectivity index (χ0) is 20.5. The van der Waals surface area contributed by atoms with E-state index >= 15 is 0 Å². The number of amides is 1. The monoisotopic (exact) mass is 418 g/mol. The molecule has 8 heteroatoms. The lowest BCUT2D eigenvalue weighted by molar-refractivity contribution is -0.120. The summed E-state index contributed by atoms with van der Waals surface area (Å²) in [5.74, 6) is -1.22. The number of rotatable bonds is 5. The molecule has 1 heterocycles. The van der Waals surface area contributed by atoms with E-state index in [2.05, 4.69) is 9.71 Å². The van der Waals surface area contributed by atoms with E-state index in [1.54, 1.807) is 26.1 Å². The van der Waals surface area contributed by atoms with Crippen molar-refractivity contribution in [2.75, 3.05) is 0 Å². The minimum absolute atomic E-state index is 0.173. The summed E-state index contributed by atoms with van der Waals surface area (Å²) in [5.41, 5.74) is 1.86. The van der Waals surface area contributed by atoms with Gasteiger partial charge in [0.15, 0.2) is 0 Å². The summed E-state index contributed by atoms with van der Waals surface area (Å²) < 4.78 is 38.9. The van der Waals surface area contributed by atoms with Gasteiger partial charge in [0.1, 0.15) is 5.82 Å². The molecule has 0 radical (unpaired) electrons. The van der Waals surface area contributed by atoms with Crippen LogP contribution in [-0.4, -0.2) is 24.1 Å². The number of hydrogen-bond acceptors (Lipinski definition) is 5. The average Bonchev–Trinajstić information content (AvgIpc) is 2.62. The highest BCUT2D eigenvalue weighted by atomic mass is 32.2. The predicted molar refractivity (Wildman–Crippen MR) is 108 cm³/mol. The molecule has 0 aliphatic rings. The molecule has 28 heavy (non-hydrogen) atoms. The minimum Gasteiger partial charge on any atom is -0.272 e. The van der Waals surface area contributed by atoms with Crippen LogP contribution in [0.1, 0.15) is 19.4 Å². The van der Waals surface area contributed by atoms with Crippen LogP contribution in [-0.2, 0) is 14.8 Å². The van der Waals surface area contributed by atoms with Crippen molar-refractivity contribution < 1.29 is 17.6 Å². The number of benzene rings is 2. The first-order valence-electron chi connectivity index (χ1n) is 8.46. The van der Waals surface area contributed by atoms with E-state index in [1.165, 1.54) is 11.8 Å². The lowest BCUT2D eigenvalue weighted by atomic mass is 10.1. The number of nitrogens with one attached hydrogen (secondary N) is 1. The molecule has 146 valence electrons. The van der Waals surface area contributed by atoms with Gasteiger partial charge in [-0.15, -0.1) is 11.8 Å². The van der Waals surface area contributed by atoms with Gasteiger partial charge in [-0.1, -0.05) is 11.6 Å². The van der Waals surface area contributed by atoms with Crippen molar-refractivity contribution in [2.45, 2.75) is 35.3 Å². The van der Waals surface area contributed by atoms with E-state index < -0.39 is 26.5 Å². The number of halogens is 1. The summed E-state index contributed by atoms with van der Waals surface area (Å²) in [6.45, 7) is 5.26. The Labute approximate surface area is 167 Å². The molecule has 1 aromatic heterocycles. The number of fused-ring (bicyclic) bond motifs is 1. The van der Waals surface area contributed by atoms with Gasteiger partial charge >= 0.3 is 0 Å². The van der Waals surface area contributed by atoms with E-state index in [9.17, 15) is 17.6 Å². The van der Waals surface area contributed by atoms with Crippen molar-refractivity contribution in [1.29, 1.82) is 0 Å². The Hall–Kier alpha value is -2.45. The number of carbonyl (C=O) groups is 1. The minimum atomic E-state index is -4.09. The van der Waals surface area contributed by atoms with Crippen LogP contribution in [0.15, 0.2) is 64.5 Å². The maximum absolute atomic E-state index is 13.0. The fraction of sp³-hybridized carbons (Fsp3) is 0.200. The summed E-state index contributed by atoms with van der Waals surface area (Å²) in [6, 6.07) is 11.9. The third-order valence-corrected chi connectivity index (χ3v) is 6.74. The van der Waals surface area contributed by atoms with Gasteiger partial charge in [-0.25, -0.2) is 17.5 Å². The maximum atomic E-state index is 13.0. The van der Waals surface area contributed by atoms with Crippen LogP contribution < -0.4 is 4.72 Å². The third-order valence-electron chi connectivity index (χ3n) is 4.12. The van der Waals surface area contributed by atoms with Gasteiger partial charge in [0, 0.05) is 16.5 Å². The number of carbonyl (C=O) groups excluding carboxylic acids is 1. The second-order valence-electron chi connectivity index (χ2n) is 6.83. The summed E-state index contributed by atoms with van der Waals surface area (Å²) >= 11 is 1.25. The second kappa shape index (κ2) is 7.52. The number of sulfonamides is 1. The Morgan fingerprint density at radius 3 is 2.46 bits per heavy atom. The van der Waals surface area contributed by atoms with E-state index in [-0.39, 0.29) is 4.90 Å². The molecule has 5 nitrogen and oxygen atoms in total. The van der Waals surface area contributed by atoms with Crippen molar-refractivity contribution in [2.24, 2.45) is 0 Å². The van der Waals surface area contributed by atoms with Gasteiger partial charge in [-0.05, 0) is 63.2 Å². The van der Waals surface area contributed by atoms with Crippen LogP contribution in [0.5, 0.6) is 0 Å². The van der Waals surface area contributed by atoms with Crippen LogP contribution in [0.2, 0.25) is 0 Å². The largest absolute Gasteiger partial charge is 0.272 e. The van der Waals surface area contributed by atoms with Crippen molar-refractivity contribution in [3.63, 3.8) is 0 Å². The molecular weight excluding hydrogens is 399 g/mol. The SMILES string of the molecule is Cc1ccc2nccc(SC(C)(C)C(=O)NS(=O)(=O)c3ccc(F)cc3)c2c1. The smallest absolute Gasteiger partial charge is 0.264 e. The standard InChI is InChI=1S/C20H19FN2O3S2/c1-13-4-9-17-16(12-13)18(10-11-22-17)27-20(2,3)19(24)23-28(25,26)15-7-5-14(21)6-8-15/h4-12H,1-3H3,(H,23,24). The zero-order valence-corrected chi connectivity index (χ0v) is 17.2. The first-order valence-corrected chi connectivity index (χ1v) is 10.8. The number of aryl methyl sites for hydroxylation is 1. The van der Waals surface area contributed by atoms with Crippen molar-refractivity contribution in [3.05, 3.63) is 66.1 Å². The Morgan fingerprint density at radius 2 is 1.79 bits per heavy atom. The molecule has 0 unspecified atom stereocenters. The van der Waals surface area contributed by atoms with Gasteiger partial charge in [0.2, 0.25) is 5.91 Å². The summed E-state index contributed by atoms with van der Waals surface area (Å²) in [7, 11) is -4.09. The molecule has 2 aromatic carbocycles. The topological polar surface area (TPSA) is 76.1 Å². The van der Waals surface area contributed by atoms with Gasteiger partial charge in [0.25, 0.3) is 10.0 Å². The van der Waals surface area contributed by atoms with Crippen LogP contribution in [0.3, 0.4) is 0 Å². The van der Waals surface area contributed by atoms with E-state index in [1.807, 2.05) is 25.1 Å². The maximum Gasteiger partial charge on any atom is 0.264 e. The van der Waals surface area contributed by atoms with E-state index in [0.717, 1.165) is 45.6 Å². The lowest BCUT2D eigenvalue weighted by Crippen LogP contribution is -2.42. The summed E-state index contributed by atoms with van der Waals surface area (Å²) in [5, 5.41) is 0.898. The molecule has 0 aliphatic carbocycles. The lowest BCUT2D eigenvalue weighted by Gasteiger charge is -2.23. The quantitative estimate of drug-likeness (QED) is 0.633. The first kappa shape index (κ1) is 20.3. The molecular formula is C20H19FN2O3S2.